The molecule has 0 amide bonds. The van der Waals surface area contributed by atoms with Gasteiger partial charge >= 0.3 is 0 Å². The zero-order valence-electron chi connectivity index (χ0n) is 10.7. The van der Waals surface area contributed by atoms with Crippen LogP contribution in [0.3, 0.4) is 0 Å². The van der Waals surface area contributed by atoms with E-state index in [0.717, 1.165) is 15.7 Å². The number of anilines is 1. The Bertz CT molecular complexity index is 601. The summed E-state index contributed by atoms with van der Waals surface area (Å²) >= 11 is 3.44. The SMILES string of the molecule is Cc1cc(NC(C)c2cc(F)ccc2O)ccc1Br. The van der Waals surface area contributed by atoms with Crippen LogP contribution in [0.4, 0.5) is 10.1 Å². The molecule has 2 aromatic carbocycles. The molecule has 1 atom stereocenters. The van der Waals surface area contributed by atoms with Gasteiger partial charge in [0.15, 0.2) is 0 Å². The highest BCUT2D eigenvalue weighted by Crippen LogP contribution is 2.28. The number of aromatic hydroxyl groups is 1. The molecule has 2 aromatic rings. The molecular weight excluding hydrogens is 309 g/mol. The molecule has 2 N–H and O–H groups in total. The molecule has 100 valence electrons. The molecule has 0 fully saturated rings. The highest BCUT2D eigenvalue weighted by Gasteiger charge is 2.11. The summed E-state index contributed by atoms with van der Waals surface area (Å²) in [4.78, 5) is 0. The van der Waals surface area contributed by atoms with Crippen LogP contribution in [0.15, 0.2) is 40.9 Å². The summed E-state index contributed by atoms with van der Waals surface area (Å²) in [6.45, 7) is 3.88. The molecule has 0 spiro atoms. The minimum absolute atomic E-state index is 0.0928. The summed E-state index contributed by atoms with van der Waals surface area (Å²) in [6.07, 6.45) is 0. The Kier molecular flexibility index (Phi) is 4.10. The average molecular weight is 324 g/mol. The standard InChI is InChI=1S/C15H15BrFNO/c1-9-7-12(4-5-14(9)16)18-10(2)13-8-11(17)3-6-15(13)19/h3-8,10,18-19H,1-2H3. The monoisotopic (exact) mass is 323 g/mol. The van der Waals surface area contributed by atoms with Gasteiger partial charge in [0.2, 0.25) is 0 Å². The lowest BCUT2D eigenvalue weighted by Gasteiger charge is -2.17. The fourth-order valence-corrected chi connectivity index (χ4v) is 2.18. The lowest BCUT2D eigenvalue weighted by atomic mass is 10.1. The number of aryl methyl sites for hydroxylation is 1. The normalized spacial score (nSPS) is 12.2. The highest BCUT2D eigenvalue weighted by atomic mass is 79.9. The summed E-state index contributed by atoms with van der Waals surface area (Å²) in [6, 6.07) is 9.66. The van der Waals surface area contributed by atoms with E-state index in [1.165, 1.54) is 18.2 Å². The van der Waals surface area contributed by atoms with Crippen molar-refractivity contribution in [3.05, 3.63) is 57.8 Å². The quantitative estimate of drug-likeness (QED) is 0.852. The van der Waals surface area contributed by atoms with E-state index in [9.17, 15) is 9.50 Å². The first-order valence-corrected chi connectivity index (χ1v) is 6.78. The molecule has 0 aliphatic carbocycles. The van der Waals surface area contributed by atoms with Crippen LogP contribution in [0.5, 0.6) is 5.75 Å². The Morgan fingerprint density at radius 2 is 1.95 bits per heavy atom. The maximum absolute atomic E-state index is 13.2. The molecule has 4 heteroatoms. The fraction of sp³-hybridized carbons (Fsp3) is 0.200. The van der Waals surface area contributed by atoms with Gasteiger partial charge in [-0.25, -0.2) is 4.39 Å². The van der Waals surface area contributed by atoms with Crippen LogP contribution in [0.1, 0.15) is 24.1 Å². The Hall–Kier alpha value is -1.55. The van der Waals surface area contributed by atoms with Crippen molar-refractivity contribution in [2.45, 2.75) is 19.9 Å². The van der Waals surface area contributed by atoms with Crippen LogP contribution in [-0.4, -0.2) is 5.11 Å². The second-order valence-electron chi connectivity index (χ2n) is 4.53. The van der Waals surface area contributed by atoms with Gasteiger partial charge in [0.05, 0.1) is 6.04 Å². The number of hydrogen-bond acceptors (Lipinski definition) is 2. The molecule has 2 nitrogen and oxygen atoms in total. The molecule has 0 bridgehead atoms. The van der Waals surface area contributed by atoms with Gasteiger partial charge < -0.3 is 10.4 Å². The third kappa shape index (κ3) is 3.26. The second-order valence-corrected chi connectivity index (χ2v) is 5.39. The topological polar surface area (TPSA) is 32.3 Å². The summed E-state index contributed by atoms with van der Waals surface area (Å²) in [5, 5.41) is 13.0. The van der Waals surface area contributed by atoms with Crippen LogP contribution < -0.4 is 5.32 Å². The summed E-state index contributed by atoms with van der Waals surface area (Å²) in [5.74, 6) is -0.260. The van der Waals surface area contributed by atoms with E-state index < -0.39 is 0 Å². The average Bonchev–Trinajstić information content (AvgIpc) is 2.36. The van der Waals surface area contributed by atoms with Crippen LogP contribution in [-0.2, 0) is 0 Å². The van der Waals surface area contributed by atoms with Gasteiger partial charge in [-0.3, -0.25) is 0 Å². The Morgan fingerprint density at radius 1 is 1.21 bits per heavy atom. The van der Waals surface area contributed by atoms with Crippen molar-refractivity contribution in [2.24, 2.45) is 0 Å². The molecule has 0 radical (unpaired) electrons. The molecular formula is C15H15BrFNO. The number of benzene rings is 2. The van der Waals surface area contributed by atoms with Gasteiger partial charge in [-0.05, 0) is 55.8 Å². The number of halogens is 2. The molecule has 0 aliphatic heterocycles. The predicted octanol–water partition coefficient (Wildman–Crippen LogP) is 4.78. The van der Waals surface area contributed by atoms with Crippen molar-refractivity contribution >= 4 is 21.6 Å². The maximum Gasteiger partial charge on any atom is 0.123 e. The molecule has 19 heavy (non-hydrogen) atoms. The fourth-order valence-electron chi connectivity index (χ4n) is 1.93. The molecule has 2 rings (SSSR count). The second kappa shape index (κ2) is 5.61. The number of hydrogen-bond donors (Lipinski definition) is 2. The zero-order valence-corrected chi connectivity index (χ0v) is 12.3. The Balaban J connectivity index is 2.22. The molecule has 0 aliphatic rings. The maximum atomic E-state index is 13.2. The van der Waals surface area contributed by atoms with E-state index in [1.807, 2.05) is 32.0 Å². The Labute approximate surface area is 120 Å². The van der Waals surface area contributed by atoms with E-state index in [0.29, 0.717) is 5.56 Å². The van der Waals surface area contributed by atoms with Gasteiger partial charge in [-0.1, -0.05) is 15.9 Å². The number of rotatable bonds is 3. The molecule has 0 heterocycles. The van der Waals surface area contributed by atoms with Crippen LogP contribution in [0.2, 0.25) is 0 Å². The molecule has 0 aromatic heterocycles. The first-order chi connectivity index (χ1) is 8.97. The van der Waals surface area contributed by atoms with E-state index in [2.05, 4.69) is 21.2 Å². The zero-order chi connectivity index (χ0) is 14.0. The van der Waals surface area contributed by atoms with Gasteiger partial charge in [-0.2, -0.15) is 0 Å². The first-order valence-electron chi connectivity index (χ1n) is 5.98. The van der Waals surface area contributed by atoms with Crippen molar-refractivity contribution in [1.82, 2.24) is 0 Å². The van der Waals surface area contributed by atoms with E-state index >= 15 is 0 Å². The van der Waals surface area contributed by atoms with E-state index in [-0.39, 0.29) is 17.6 Å². The number of phenols is 1. The van der Waals surface area contributed by atoms with Gasteiger partial charge in [0.25, 0.3) is 0 Å². The smallest absolute Gasteiger partial charge is 0.123 e. The van der Waals surface area contributed by atoms with Crippen molar-refractivity contribution in [2.75, 3.05) is 5.32 Å². The third-order valence-corrected chi connectivity index (χ3v) is 3.89. The van der Waals surface area contributed by atoms with Crippen LogP contribution >= 0.6 is 15.9 Å². The lowest BCUT2D eigenvalue weighted by molar-refractivity contribution is 0.462. The van der Waals surface area contributed by atoms with Crippen LogP contribution in [0, 0.1) is 12.7 Å². The predicted molar refractivity (Wildman–Crippen MR) is 79.0 cm³/mol. The number of phenolic OH excluding ortho intramolecular Hbond substituents is 1. The van der Waals surface area contributed by atoms with Gasteiger partial charge in [-0.15, -0.1) is 0 Å². The first kappa shape index (κ1) is 13.9. The van der Waals surface area contributed by atoms with Crippen LogP contribution in [0.25, 0.3) is 0 Å². The summed E-state index contributed by atoms with van der Waals surface area (Å²) in [7, 11) is 0. The Morgan fingerprint density at radius 3 is 2.63 bits per heavy atom. The lowest BCUT2D eigenvalue weighted by Crippen LogP contribution is -2.07. The summed E-state index contributed by atoms with van der Waals surface area (Å²) < 4.78 is 14.3. The largest absolute Gasteiger partial charge is 0.508 e. The van der Waals surface area contributed by atoms with Gasteiger partial charge in [0, 0.05) is 15.7 Å². The summed E-state index contributed by atoms with van der Waals surface area (Å²) in [5.41, 5.74) is 2.58. The molecule has 0 saturated heterocycles. The van der Waals surface area contributed by atoms with Crippen molar-refractivity contribution in [3.8, 4) is 5.75 Å². The minimum atomic E-state index is -0.353. The van der Waals surface area contributed by atoms with Gasteiger partial charge in [0.1, 0.15) is 11.6 Å². The van der Waals surface area contributed by atoms with Crippen molar-refractivity contribution in [1.29, 1.82) is 0 Å². The number of nitrogens with one attached hydrogen (secondary N) is 1. The highest BCUT2D eigenvalue weighted by molar-refractivity contribution is 9.10. The van der Waals surface area contributed by atoms with E-state index in [4.69, 9.17) is 0 Å². The van der Waals surface area contributed by atoms with Crippen molar-refractivity contribution < 1.29 is 9.50 Å². The molecule has 1 unspecified atom stereocenters. The molecule has 0 saturated carbocycles. The van der Waals surface area contributed by atoms with Crippen molar-refractivity contribution in [3.63, 3.8) is 0 Å². The third-order valence-electron chi connectivity index (χ3n) is 3.00. The van der Waals surface area contributed by atoms with E-state index in [1.54, 1.807) is 0 Å². The minimum Gasteiger partial charge on any atom is -0.508 e.